The van der Waals surface area contributed by atoms with Crippen LogP contribution >= 0.6 is 0 Å². The molecule has 0 bridgehead atoms. The van der Waals surface area contributed by atoms with Gasteiger partial charge >= 0.3 is 12.1 Å². The minimum Gasteiger partial charge on any atom is -0.465 e. The second kappa shape index (κ2) is 9.84. The molecule has 1 atom stereocenters. The number of hydrogen-bond donors (Lipinski definition) is 1. The van der Waals surface area contributed by atoms with Gasteiger partial charge in [-0.25, -0.2) is 9.78 Å². The first-order valence-corrected chi connectivity index (χ1v) is 9.76. The van der Waals surface area contributed by atoms with Gasteiger partial charge in [-0.1, -0.05) is 6.07 Å². The third-order valence-corrected chi connectivity index (χ3v) is 4.51. The number of aromatic nitrogens is 1. The van der Waals surface area contributed by atoms with E-state index in [0.29, 0.717) is 19.0 Å². The molecule has 0 saturated carbocycles. The summed E-state index contributed by atoms with van der Waals surface area (Å²) in [6.07, 6.45) is 1.26. The molecule has 1 amide bonds. The van der Waals surface area contributed by atoms with Crippen molar-refractivity contribution in [3.05, 3.63) is 23.9 Å². The van der Waals surface area contributed by atoms with Crippen LogP contribution in [0.4, 0.5) is 10.6 Å². The second-order valence-electron chi connectivity index (χ2n) is 7.90. The van der Waals surface area contributed by atoms with Crippen LogP contribution in [0.15, 0.2) is 18.3 Å². The van der Waals surface area contributed by atoms with Crippen molar-refractivity contribution in [2.45, 2.75) is 46.3 Å². The fourth-order valence-corrected chi connectivity index (χ4v) is 3.04. The number of carbonyl (C=O) groups is 2. The number of pyridine rings is 1. The number of carbonyl (C=O) groups excluding carboxylic acids is 2. The Morgan fingerprint density at radius 1 is 1.21 bits per heavy atom. The van der Waals surface area contributed by atoms with Crippen LogP contribution in [-0.2, 0) is 14.3 Å². The summed E-state index contributed by atoms with van der Waals surface area (Å²) >= 11 is 0. The summed E-state index contributed by atoms with van der Waals surface area (Å²) in [5, 5.41) is 2.64. The lowest BCUT2D eigenvalue weighted by Gasteiger charge is -2.37. The van der Waals surface area contributed by atoms with Crippen molar-refractivity contribution < 1.29 is 19.1 Å². The summed E-state index contributed by atoms with van der Waals surface area (Å²) < 4.78 is 10.2. The molecule has 0 aliphatic carbocycles. The molecule has 1 aliphatic rings. The molecule has 1 unspecified atom stereocenters. The largest absolute Gasteiger partial charge is 0.465 e. The van der Waals surface area contributed by atoms with Gasteiger partial charge in [0.15, 0.2) is 0 Å². The van der Waals surface area contributed by atoms with Crippen molar-refractivity contribution >= 4 is 17.9 Å². The van der Waals surface area contributed by atoms with Crippen molar-refractivity contribution in [1.82, 2.24) is 14.8 Å². The first-order valence-electron chi connectivity index (χ1n) is 9.76. The van der Waals surface area contributed by atoms with Crippen molar-refractivity contribution in [2.24, 2.45) is 0 Å². The van der Waals surface area contributed by atoms with Gasteiger partial charge in [-0.3, -0.25) is 19.9 Å². The molecule has 8 nitrogen and oxygen atoms in total. The normalized spacial score (nSPS) is 17.0. The SMILES string of the molecule is CCOC(=O)CN1CCN(C(C)c2ccc(NC(=O)OC(C)(C)C)nc2)CC1. The summed E-state index contributed by atoms with van der Waals surface area (Å²) in [6, 6.07) is 3.95. The van der Waals surface area contributed by atoms with Crippen LogP contribution in [0.2, 0.25) is 0 Å². The number of hydrogen-bond acceptors (Lipinski definition) is 7. The van der Waals surface area contributed by atoms with E-state index in [1.54, 1.807) is 12.3 Å². The van der Waals surface area contributed by atoms with E-state index in [9.17, 15) is 9.59 Å². The summed E-state index contributed by atoms with van der Waals surface area (Å²) in [7, 11) is 0. The first-order chi connectivity index (χ1) is 13.2. The zero-order valence-corrected chi connectivity index (χ0v) is 17.5. The number of rotatable bonds is 6. The predicted molar refractivity (Wildman–Crippen MR) is 107 cm³/mol. The number of nitrogens with one attached hydrogen (secondary N) is 1. The Morgan fingerprint density at radius 3 is 2.43 bits per heavy atom. The van der Waals surface area contributed by atoms with Gasteiger partial charge in [-0.15, -0.1) is 0 Å². The van der Waals surface area contributed by atoms with Crippen molar-refractivity contribution in [2.75, 3.05) is 44.6 Å². The predicted octanol–water partition coefficient (Wildman–Crippen LogP) is 2.67. The van der Waals surface area contributed by atoms with E-state index in [0.717, 1.165) is 31.7 Å². The van der Waals surface area contributed by atoms with Crippen LogP contribution in [0.3, 0.4) is 0 Å². The fourth-order valence-electron chi connectivity index (χ4n) is 3.04. The van der Waals surface area contributed by atoms with E-state index >= 15 is 0 Å². The summed E-state index contributed by atoms with van der Waals surface area (Å²) in [4.78, 5) is 32.2. The lowest BCUT2D eigenvalue weighted by Crippen LogP contribution is -2.48. The highest BCUT2D eigenvalue weighted by molar-refractivity contribution is 5.83. The Hall–Kier alpha value is -2.19. The highest BCUT2D eigenvalue weighted by Crippen LogP contribution is 2.22. The number of amides is 1. The Balaban J connectivity index is 1.84. The Morgan fingerprint density at radius 2 is 1.89 bits per heavy atom. The van der Waals surface area contributed by atoms with Gasteiger partial charge in [0.05, 0.1) is 13.2 Å². The maximum Gasteiger partial charge on any atom is 0.413 e. The molecule has 2 heterocycles. The molecule has 1 aromatic rings. The highest BCUT2D eigenvalue weighted by Gasteiger charge is 2.24. The minimum absolute atomic E-state index is 0.165. The highest BCUT2D eigenvalue weighted by atomic mass is 16.6. The molecule has 0 spiro atoms. The molecule has 0 radical (unpaired) electrons. The molecule has 1 N–H and O–H groups in total. The van der Waals surface area contributed by atoms with Gasteiger partial charge < -0.3 is 9.47 Å². The van der Waals surface area contributed by atoms with Crippen LogP contribution in [0.5, 0.6) is 0 Å². The molecule has 156 valence electrons. The molecule has 28 heavy (non-hydrogen) atoms. The average molecular weight is 393 g/mol. The molecular weight excluding hydrogens is 360 g/mol. The lowest BCUT2D eigenvalue weighted by molar-refractivity contribution is -0.144. The van der Waals surface area contributed by atoms with Crippen LogP contribution < -0.4 is 5.32 Å². The standard InChI is InChI=1S/C20H32N4O4/c1-6-27-18(25)14-23-9-11-24(12-10-23)15(2)16-7-8-17(21-13-16)22-19(26)28-20(3,4)5/h7-8,13,15H,6,9-12,14H2,1-5H3,(H,21,22,26). The molecule has 8 heteroatoms. The summed E-state index contributed by atoms with van der Waals surface area (Å²) in [5.74, 6) is 0.297. The van der Waals surface area contributed by atoms with Crippen molar-refractivity contribution in [3.8, 4) is 0 Å². The van der Waals surface area contributed by atoms with Gasteiger partial charge in [0.1, 0.15) is 11.4 Å². The van der Waals surface area contributed by atoms with Crippen LogP contribution in [-0.4, -0.2) is 71.8 Å². The molecule has 1 fully saturated rings. The van der Waals surface area contributed by atoms with Crippen molar-refractivity contribution in [3.63, 3.8) is 0 Å². The number of ether oxygens (including phenoxy) is 2. The van der Waals surface area contributed by atoms with Gasteiger partial charge in [0.25, 0.3) is 0 Å². The topological polar surface area (TPSA) is 84.0 Å². The minimum atomic E-state index is -0.548. The number of anilines is 1. The van der Waals surface area contributed by atoms with Gasteiger partial charge in [0.2, 0.25) is 0 Å². The third kappa shape index (κ3) is 7.09. The van der Waals surface area contributed by atoms with Gasteiger partial charge in [0, 0.05) is 38.4 Å². The van der Waals surface area contributed by atoms with E-state index in [1.807, 2.05) is 33.8 Å². The monoisotopic (exact) mass is 392 g/mol. The fraction of sp³-hybridized carbons (Fsp3) is 0.650. The second-order valence-corrected chi connectivity index (χ2v) is 7.90. The maximum atomic E-state index is 11.8. The number of piperazine rings is 1. The third-order valence-electron chi connectivity index (χ3n) is 4.51. The van der Waals surface area contributed by atoms with E-state index in [4.69, 9.17) is 9.47 Å². The molecule has 2 rings (SSSR count). The summed E-state index contributed by atoms with van der Waals surface area (Å²) in [6.45, 7) is 13.6. The number of nitrogens with zero attached hydrogens (tertiary/aromatic N) is 3. The zero-order chi connectivity index (χ0) is 20.7. The Bertz CT molecular complexity index is 649. The Kier molecular flexibility index (Phi) is 7.77. The lowest BCUT2D eigenvalue weighted by atomic mass is 10.1. The van der Waals surface area contributed by atoms with E-state index in [-0.39, 0.29) is 12.0 Å². The summed E-state index contributed by atoms with van der Waals surface area (Å²) in [5.41, 5.74) is 0.530. The molecule has 1 aromatic heterocycles. The van der Waals surface area contributed by atoms with E-state index in [2.05, 4.69) is 27.0 Å². The van der Waals surface area contributed by atoms with Crippen LogP contribution in [0.1, 0.15) is 46.2 Å². The van der Waals surface area contributed by atoms with Crippen molar-refractivity contribution in [1.29, 1.82) is 0 Å². The van der Waals surface area contributed by atoms with Gasteiger partial charge in [-0.2, -0.15) is 0 Å². The zero-order valence-electron chi connectivity index (χ0n) is 17.5. The van der Waals surface area contributed by atoms with Crippen LogP contribution in [0.25, 0.3) is 0 Å². The van der Waals surface area contributed by atoms with E-state index < -0.39 is 11.7 Å². The smallest absolute Gasteiger partial charge is 0.413 e. The van der Waals surface area contributed by atoms with Crippen LogP contribution in [0, 0.1) is 0 Å². The molecule has 1 saturated heterocycles. The van der Waals surface area contributed by atoms with Gasteiger partial charge in [-0.05, 0) is 46.2 Å². The number of esters is 1. The first kappa shape index (κ1) is 22.1. The quantitative estimate of drug-likeness (QED) is 0.745. The van der Waals surface area contributed by atoms with E-state index in [1.165, 1.54) is 0 Å². The molecule has 1 aliphatic heterocycles. The maximum absolute atomic E-state index is 11.8. The molecular formula is C20H32N4O4. The Labute approximate surface area is 167 Å². The average Bonchev–Trinajstić information content (AvgIpc) is 2.61. The molecule has 0 aromatic carbocycles.